The summed E-state index contributed by atoms with van der Waals surface area (Å²) in [5.74, 6) is -0.130. The smallest absolute Gasteiger partial charge is 0.124 e. The molecular weight excluding hydrogens is 206 g/mol. The van der Waals surface area contributed by atoms with E-state index in [2.05, 4.69) is 0 Å². The summed E-state index contributed by atoms with van der Waals surface area (Å²) in [6.07, 6.45) is -0.775. The van der Waals surface area contributed by atoms with Crippen molar-refractivity contribution in [2.75, 3.05) is 0 Å². The molecule has 90 valence electrons. The molecule has 0 saturated heterocycles. The summed E-state index contributed by atoms with van der Waals surface area (Å²) in [6.45, 7) is 5.61. The van der Waals surface area contributed by atoms with E-state index >= 15 is 0 Å². The molecule has 0 saturated carbocycles. The number of aromatic hydroxyl groups is 2. The van der Waals surface area contributed by atoms with E-state index in [-0.39, 0.29) is 16.9 Å². The van der Waals surface area contributed by atoms with Crippen molar-refractivity contribution < 1.29 is 15.3 Å². The maximum Gasteiger partial charge on any atom is 0.124 e. The number of rotatable bonds is 2. The number of phenolic OH excluding ortho intramolecular Hbond substituents is 2. The molecule has 0 aromatic heterocycles. The summed E-state index contributed by atoms with van der Waals surface area (Å²) in [5, 5.41) is 28.8. The van der Waals surface area contributed by atoms with Gasteiger partial charge in [0.05, 0.1) is 12.1 Å². The van der Waals surface area contributed by atoms with E-state index in [4.69, 9.17) is 10.8 Å². The van der Waals surface area contributed by atoms with Gasteiger partial charge in [-0.25, -0.2) is 0 Å². The highest BCUT2D eigenvalue weighted by Gasteiger charge is 2.30. The molecule has 0 aliphatic heterocycles. The molecule has 0 aliphatic rings. The molecule has 0 bridgehead atoms. The summed E-state index contributed by atoms with van der Waals surface area (Å²) in [4.78, 5) is 0. The van der Waals surface area contributed by atoms with Crippen molar-refractivity contribution in [1.29, 1.82) is 0 Å². The average Bonchev–Trinajstić information content (AvgIpc) is 2.14. The van der Waals surface area contributed by atoms with Gasteiger partial charge >= 0.3 is 0 Å². The van der Waals surface area contributed by atoms with Crippen LogP contribution in [0.15, 0.2) is 18.2 Å². The molecule has 0 aliphatic carbocycles. The highest BCUT2D eigenvalue weighted by atomic mass is 16.3. The number of benzene rings is 1. The lowest BCUT2D eigenvalue weighted by atomic mass is 9.82. The van der Waals surface area contributed by atoms with Crippen LogP contribution in [0.25, 0.3) is 0 Å². The molecule has 1 rings (SSSR count). The van der Waals surface area contributed by atoms with Crippen molar-refractivity contribution in [3.05, 3.63) is 23.8 Å². The number of aliphatic hydroxyl groups excluding tert-OH is 1. The van der Waals surface area contributed by atoms with Gasteiger partial charge in [0.1, 0.15) is 11.5 Å². The van der Waals surface area contributed by atoms with Crippen LogP contribution in [-0.4, -0.2) is 21.4 Å². The van der Waals surface area contributed by atoms with Crippen molar-refractivity contribution >= 4 is 0 Å². The maximum atomic E-state index is 10.0. The first-order valence-electron chi connectivity index (χ1n) is 5.19. The van der Waals surface area contributed by atoms with Gasteiger partial charge in [-0.1, -0.05) is 20.8 Å². The third kappa shape index (κ3) is 2.65. The second-order valence-electron chi connectivity index (χ2n) is 5.08. The molecule has 5 N–H and O–H groups in total. The van der Waals surface area contributed by atoms with E-state index in [1.54, 1.807) is 0 Å². The molecular formula is C12H19NO3. The largest absolute Gasteiger partial charge is 0.508 e. The predicted octanol–water partition coefficient (Wildman–Crippen LogP) is 1.50. The van der Waals surface area contributed by atoms with Crippen LogP contribution in [0.1, 0.15) is 32.4 Å². The lowest BCUT2D eigenvalue weighted by Crippen LogP contribution is -2.36. The Morgan fingerprint density at radius 3 is 2.19 bits per heavy atom. The Balaban J connectivity index is 3.01. The second-order valence-corrected chi connectivity index (χ2v) is 5.08. The van der Waals surface area contributed by atoms with E-state index in [1.165, 1.54) is 18.2 Å². The molecule has 2 atom stereocenters. The fraction of sp³-hybridized carbons (Fsp3) is 0.500. The first-order valence-corrected chi connectivity index (χ1v) is 5.19. The standard InChI is InChI=1S/C12H19NO3/c1-12(2,3)11(16)10(13)8-5-4-7(14)6-9(8)15/h4-6,10-11,14-16H,13H2,1-3H3/t10-,11-/m1/s1. The highest BCUT2D eigenvalue weighted by Crippen LogP contribution is 2.33. The summed E-state index contributed by atoms with van der Waals surface area (Å²) in [6, 6.07) is 3.49. The van der Waals surface area contributed by atoms with Gasteiger partial charge in [0, 0.05) is 11.6 Å². The predicted molar refractivity (Wildman–Crippen MR) is 62.2 cm³/mol. The lowest BCUT2D eigenvalue weighted by Gasteiger charge is -2.31. The molecule has 0 amide bonds. The molecule has 0 radical (unpaired) electrons. The Kier molecular flexibility index (Phi) is 3.45. The van der Waals surface area contributed by atoms with Gasteiger partial charge < -0.3 is 21.1 Å². The maximum absolute atomic E-state index is 10.0. The highest BCUT2D eigenvalue weighted by molar-refractivity contribution is 5.41. The Hall–Kier alpha value is -1.26. The van der Waals surface area contributed by atoms with Crippen molar-refractivity contribution in [3.63, 3.8) is 0 Å². The first-order chi connectivity index (χ1) is 7.23. The van der Waals surface area contributed by atoms with E-state index in [0.29, 0.717) is 5.56 Å². The number of phenols is 2. The topological polar surface area (TPSA) is 86.7 Å². The molecule has 0 fully saturated rings. The summed E-state index contributed by atoms with van der Waals surface area (Å²) in [7, 11) is 0. The van der Waals surface area contributed by atoms with Crippen LogP contribution in [0.2, 0.25) is 0 Å². The zero-order valence-corrected chi connectivity index (χ0v) is 9.81. The van der Waals surface area contributed by atoms with Gasteiger partial charge in [-0.05, 0) is 17.5 Å². The summed E-state index contributed by atoms with van der Waals surface area (Å²) < 4.78 is 0. The monoisotopic (exact) mass is 225 g/mol. The van der Waals surface area contributed by atoms with Crippen LogP contribution in [0.4, 0.5) is 0 Å². The second kappa shape index (κ2) is 4.31. The molecule has 1 aromatic rings. The fourth-order valence-corrected chi connectivity index (χ4v) is 1.52. The van der Waals surface area contributed by atoms with Gasteiger partial charge in [0.15, 0.2) is 0 Å². The quantitative estimate of drug-likeness (QED) is 0.614. The Bertz CT molecular complexity index is 371. The Labute approximate surface area is 95.3 Å². The minimum Gasteiger partial charge on any atom is -0.508 e. The van der Waals surface area contributed by atoms with Gasteiger partial charge in [0.25, 0.3) is 0 Å². The number of nitrogens with two attached hydrogens (primary N) is 1. The molecule has 0 unspecified atom stereocenters. The SMILES string of the molecule is CC(C)(C)[C@H](O)[C@H](N)c1ccc(O)cc1O. The lowest BCUT2D eigenvalue weighted by molar-refractivity contribution is 0.0394. The minimum absolute atomic E-state index is 0.0290. The van der Waals surface area contributed by atoms with Gasteiger partial charge in [-0.2, -0.15) is 0 Å². The minimum atomic E-state index is -0.775. The average molecular weight is 225 g/mol. The van der Waals surface area contributed by atoms with Crippen LogP contribution < -0.4 is 5.73 Å². The normalized spacial score (nSPS) is 15.8. The van der Waals surface area contributed by atoms with E-state index in [9.17, 15) is 10.2 Å². The number of hydrogen-bond acceptors (Lipinski definition) is 4. The molecule has 16 heavy (non-hydrogen) atoms. The molecule has 1 aromatic carbocycles. The third-order valence-electron chi connectivity index (χ3n) is 2.60. The summed E-state index contributed by atoms with van der Waals surface area (Å²) in [5.41, 5.74) is 5.94. The molecule has 0 heterocycles. The van der Waals surface area contributed by atoms with Gasteiger partial charge in [-0.15, -0.1) is 0 Å². The van der Waals surface area contributed by atoms with Crippen LogP contribution in [0.5, 0.6) is 11.5 Å². The molecule has 0 spiro atoms. The first kappa shape index (κ1) is 12.8. The third-order valence-corrected chi connectivity index (χ3v) is 2.60. The van der Waals surface area contributed by atoms with Crippen LogP contribution in [0.3, 0.4) is 0 Å². The van der Waals surface area contributed by atoms with E-state index < -0.39 is 12.1 Å². The van der Waals surface area contributed by atoms with Crippen molar-refractivity contribution in [3.8, 4) is 11.5 Å². The Morgan fingerprint density at radius 1 is 1.19 bits per heavy atom. The van der Waals surface area contributed by atoms with Crippen molar-refractivity contribution in [2.45, 2.75) is 32.9 Å². The molecule has 4 nitrogen and oxygen atoms in total. The van der Waals surface area contributed by atoms with E-state index in [1.807, 2.05) is 20.8 Å². The van der Waals surface area contributed by atoms with Crippen molar-refractivity contribution in [2.24, 2.45) is 11.1 Å². The van der Waals surface area contributed by atoms with Gasteiger partial charge in [-0.3, -0.25) is 0 Å². The fourth-order valence-electron chi connectivity index (χ4n) is 1.52. The number of aliphatic hydroxyl groups is 1. The zero-order valence-electron chi connectivity index (χ0n) is 9.81. The van der Waals surface area contributed by atoms with Gasteiger partial charge in [0.2, 0.25) is 0 Å². The van der Waals surface area contributed by atoms with E-state index in [0.717, 1.165) is 0 Å². The van der Waals surface area contributed by atoms with Crippen LogP contribution in [-0.2, 0) is 0 Å². The van der Waals surface area contributed by atoms with Crippen LogP contribution in [0, 0.1) is 5.41 Å². The van der Waals surface area contributed by atoms with Crippen molar-refractivity contribution in [1.82, 2.24) is 0 Å². The Morgan fingerprint density at radius 2 is 1.75 bits per heavy atom. The number of hydrogen-bond donors (Lipinski definition) is 4. The molecule has 4 heteroatoms. The van der Waals surface area contributed by atoms with Crippen LogP contribution >= 0.6 is 0 Å². The zero-order chi connectivity index (χ0) is 12.5. The summed E-state index contributed by atoms with van der Waals surface area (Å²) >= 11 is 0.